The molecule has 0 amide bonds. The minimum absolute atomic E-state index is 0.000811. The molecule has 0 atom stereocenters. The lowest BCUT2D eigenvalue weighted by molar-refractivity contribution is 0.660. The van der Waals surface area contributed by atoms with Gasteiger partial charge in [0.25, 0.3) is 0 Å². The molecule has 18 aromatic carbocycles. The van der Waals surface area contributed by atoms with Crippen LogP contribution in [0.1, 0.15) is 99.9 Å². The second kappa shape index (κ2) is 32.1. The van der Waals surface area contributed by atoms with Crippen molar-refractivity contribution in [1.29, 1.82) is 0 Å². The minimum Gasteiger partial charge on any atom is -0.309 e. The summed E-state index contributed by atoms with van der Waals surface area (Å²) < 4.78 is 12.7. The van der Waals surface area contributed by atoms with E-state index < -0.39 is 0 Å². The number of hydrogen-bond acceptors (Lipinski definition) is 8. The van der Waals surface area contributed by atoms with E-state index in [1.807, 2.05) is 24.5 Å². The van der Waals surface area contributed by atoms with Crippen LogP contribution < -0.4 is 0 Å². The van der Waals surface area contributed by atoms with Gasteiger partial charge in [-0.1, -0.05) is 358 Å². The molecule has 26 aromatic rings. The largest absolute Gasteiger partial charge is 0.309 e. The maximum atomic E-state index is 5.05. The van der Waals surface area contributed by atoms with E-state index in [0.29, 0.717) is 11.8 Å². The van der Waals surface area contributed by atoms with Crippen LogP contribution in [0, 0.1) is 0 Å². The molecule has 0 spiro atoms. The van der Waals surface area contributed by atoms with Crippen LogP contribution in [0.2, 0.25) is 0 Å². The van der Waals surface area contributed by atoms with Gasteiger partial charge in [-0.05, 0) is 204 Å². The van der Waals surface area contributed by atoms with Gasteiger partial charge in [-0.3, -0.25) is 13.7 Å². The summed E-state index contributed by atoms with van der Waals surface area (Å²) >= 11 is 1.76. The maximum absolute atomic E-state index is 5.05. The highest BCUT2D eigenvalue weighted by atomic mass is 32.1. The molecule has 13 heteroatoms. The van der Waals surface area contributed by atoms with Crippen molar-refractivity contribution in [2.24, 2.45) is 0 Å². The normalized spacial score (nSPS) is 13.9. The van der Waals surface area contributed by atoms with E-state index in [1.165, 1.54) is 170 Å². The third-order valence-electron chi connectivity index (χ3n) is 30.8. The van der Waals surface area contributed by atoms with Crippen LogP contribution in [0.5, 0.6) is 0 Å². The van der Waals surface area contributed by atoms with E-state index in [4.69, 9.17) is 19.9 Å². The highest BCUT2D eigenvalue weighted by Gasteiger charge is 2.43. The number of aromatic nitrogens is 12. The molecule has 4 aliphatic rings. The van der Waals surface area contributed by atoms with Gasteiger partial charge in [0.15, 0.2) is 11.0 Å². The number of fused-ring (bicyclic) bond motifs is 30. The van der Waals surface area contributed by atoms with Gasteiger partial charge in [0, 0.05) is 92.8 Å². The quantitative estimate of drug-likeness (QED) is 0.149. The Labute approximate surface area is 825 Å². The van der Waals surface area contributed by atoms with E-state index in [0.717, 1.165) is 77.9 Å². The molecule has 0 N–H and O–H groups in total. The number of rotatable bonds is 8. The summed E-state index contributed by atoms with van der Waals surface area (Å²) in [6.07, 6.45) is 5.04. The third-order valence-corrected chi connectivity index (χ3v) is 31.8. The first kappa shape index (κ1) is 83.9. The van der Waals surface area contributed by atoms with Crippen molar-refractivity contribution >= 4 is 120 Å². The Balaban J connectivity index is 0.0000000963. The SMILES string of the molecule is CC1(C)c2ccccc2-c2c1ccc1c2c2ccccc2n1-c1ccc(-c2nc(-c3ccccc3)cc(-c3ccccc3)n2)cc1.CC1(C)c2ccccc2-c2c1ccc1c2c2ccccc2n1-c1cccc2c1ncn2-c1ccccc1.CC1(C)c2ccccc2-c2c1ccc1c2c2ccccc2n1-c1nc2ccccc2s1.CC1(C)c2ccccc2-c2c1ccc1c2c2ccccc2n1-c1ncncn1. The van der Waals surface area contributed by atoms with Crippen molar-refractivity contribution in [1.82, 2.24) is 57.7 Å². The molecule has 0 fully saturated rings. The van der Waals surface area contributed by atoms with Crippen molar-refractivity contribution < 1.29 is 0 Å². The smallest absolute Gasteiger partial charge is 0.237 e. The minimum atomic E-state index is -0.0438. The number of thiazole rings is 1. The van der Waals surface area contributed by atoms with Crippen molar-refractivity contribution in [2.75, 3.05) is 0 Å². The summed E-state index contributed by atoms with van der Waals surface area (Å²) in [5.74, 6) is 1.36. The van der Waals surface area contributed by atoms with E-state index in [-0.39, 0.29) is 21.7 Å². The van der Waals surface area contributed by atoms with Crippen molar-refractivity contribution in [2.45, 2.75) is 77.0 Å². The monoisotopic (exact) mass is 1840 g/mol. The van der Waals surface area contributed by atoms with Gasteiger partial charge in [0.2, 0.25) is 5.95 Å². The van der Waals surface area contributed by atoms with Crippen LogP contribution in [0.25, 0.3) is 215 Å². The summed E-state index contributed by atoms with van der Waals surface area (Å²) in [5.41, 5.74) is 42.9. The fraction of sp³-hybridized carbons (Fsp3) is 0.0930. The second-order valence-electron chi connectivity index (χ2n) is 39.9. The number of nitrogens with zero attached hydrogens (tertiary/aromatic N) is 12. The Morgan fingerprint density at radius 1 is 0.254 bits per heavy atom. The zero-order valence-electron chi connectivity index (χ0n) is 79.7. The highest BCUT2D eigenvalue weighted by molar-refractivity contribution is 7.20. The molecule has 8 heterocycles. The Morgan fingerprint density at radius 2 is 0.620 bits per heavy atom. The fourth-order valence-corrected chi connectivity index (χ4v) is 25.1. The molecule has 676 valence electrons. The third kappa shape index (κ3) is 12.6. The van der Waals surface area contributed by atoms with Gasteiger partial charge in [0.05, 0.1) is 76.9 Å². The molecule has 30 rings (SSSR count). The summed E-state index contributed by atoms with van der Waals surface area (Å²) in [6, 6.07) is 146. The number of benzene rings is 18. The van der Waals surface area contributed by atoms with Crippen LogP contribution in [-0.4, -0.2) is 57.7 Å². The molecule has 0 aliphatic heterocycles. The van der Waals surface area contributed by atoms with Gasteiger partial charge in [-0.15, -0.1) is 0 Å². The van der Waals surface area contributed by atoms with E-state index >= 15 is 0 Å². The van der Waals surface area contributed by atoms with Crippen LogP contribution in [-0.2, 0) is 21.7 Å². The van der Waals surface area contributed by atoms with Gasteiger partial charge in [-0.2, -0.15) is 0 Å². The fourth-order valence-electron chi connectivity index (χ4n) is 24.1. The van der Waals surface area contributed by atoms with Gasteiger partial charge in [-0.25, -0.2) is 34.9 Å². The Bertz CT molecular complexity index is 9580. The lowest BCUT2D eigenvalue weighted by atomic mass is 9.82. The molecule has 0 saturated carbocycles. The first-order chi connectivity index (χ1) is 69.5. The summed E-state index contributed by atoms with van der Waals surface area (Å²) in [4.78, 5) is 32.9. The standard InChI is InChI=1S/C43H31N3.C34H25N3.C28H20N2S.C24H18N4/c1-43(2)34-19-11-9-17-32(34)40-35(43)25-26-39-41(40)33-18-10-12-20-38(33)46(39)31-23-21-30(22-24-31)42-44-36(28-13-5-3-6-14-28)27-37(45-42)29-15-7-4-8-16-29;1-34(2)25-15-8-6-13-23(25)31-26(34)19-20-28-32(31)24-14-7-9-16-27(24)37(28)30-18-10-17-29-33(30)35-21-36(29)22-11-4-3-5-12-22;1-28(2)19-11-5-3-9-17(19)25-20(28)15-16-23-26(25)18-10-4-7-13-22(18)30(23)27-29-21-12-6-8-14-24(21)31-27;1-24(2)17-9-5-3-7-15(17)21-18(24)11-12-20-22(21)16-8-4-6-10-19(16)28(20)23-26-13-25-14-27-23/h3-27H,1-2H3;3-21H,1-2H3;3-16H,1-2H3;3-14H,1-2H3. The van der Waals surface area contributed by atoms with Crippen LogP contribution in [0.15, 0.2) is 425 Å². The first-order valence-corrected chi connectivity index (χ1v) is 49.6. The average Bonchev–Trinajstić information content (AvgIpc) is 1.55. The van der Waals surface area contributed by atoms with Crippen LogP contribution in [0.4, 0.5) is 0 Å². The van der Waals surface area contributed by atoms with Crippen molar-refractivity contribution in [3.05, 3.63) is 470 Å². The molecule has 4 aliphatic carbocycles. The van der Waals surface area contributed by atoms with E-state index in [2.05, 4.69) is 481 Å². The van der Waals surface area contributed by atoms with Crippen LogP contribution >= 0.6 is 11.3 Å². The zero-order chi connectivity index (χ0) is 95.2. The molecular weight excluding hydrogens is 1750 g/mol. The molecule has 142 heavy (non-hydrogen) atoms. The molecule has 8 aromatic heterocycles. The average molecular weight is 1840 g/mol. The van der Waals surface area contributed by atoms with Crippen molar-refractivity contribution in [3.63, 3.8) is 0 Å². The van der Waals surface area contributed by atoms with E-state index in [1.54, 1.807) is 24.0 Å². The highest BCUT2D eigenvalue weighted by Crippen LogP contribution is 2.59. The Morgan fingerprint density at radius 3 is 1.08 bits per heavy atom. The molecule has 0 unspecified atom stereocenters. The number of hydrogen-bond donors (Lipinski definition) is 0. The molecule has 0 saturated heterocycles. The predicted molar refractivity (Wildman–Crippen MR) is 586 cm³/mol. The summed E-state index contributed by atoms with van der Waals surface area (Å²) in [7, 11) is 0. The van der Waals surface area contributed by atoms with Crippen LogP contribution in [0.3, 0.4) is 0 Å². The Hall–Kier alpha value is -17.4. The zero-order valence-corrected chi connectivity index (χ0v) is 80.5. The molecule has 12 nitrogen and oxygen atoms in total. The van der Waals surface area contributed by atoms with Gasteiger partial charge < -0.3 is 9.13 Å². The molecule has 0 bridgehead atoms. The maximum Gasteiger partial charge on any atom is 0.237 e. The summed E-state index contributed by atoms with van der Waals surface area (Å²) in [6.45, 7) is 18.7. The lowest BCUT2D eigenvalue weighted by Gasteiger charge is -2.21. The molecule has 0 radical (unpaired) electrons. The predicted octanol–water partition coefficient (Wildman–Crippen LogP) is 32.3. The summed E-state index contributed by atoms with van der Waals surface area (Å²) in [5, 5.41) is 11.4. The van der Waals surface area contributed by atoms with Crippen molar-refractivity contribution in [3.8, 4) is 107 Å². The topological polar surface area (TPSA) is 115 Å². The van der Waals surface area contributed by atoms with Gasteiger partial charge in [0.1, 0.15) is 24.5 Å². The number of imidazole rings is 1. The molecular formula is C129H94N12S. The Kier molecular flexibility index (Phi) is 19.0. The second-order valence-corrected chi connectivity index (χ2v) is 40.9. The van der Waals surface area contributed by atoms with E-state index in [9.17, 15) is 0 Å². The van der Waals surface area contributed by atoms with Gasteiger partial charge >= 0.3 is 0 Å². The lowest BCUT2D eigenvalue weighted by Crippen LogP contribution is -2.14. The number of para-hydroxylation sites is 7. The first-order valence-electron chi connectivity index (χ1n) is 48.8.